The third kappa shape index (κ3) is 5.09. The van der Waals surface area contributed by atoms with Gasteiger partial charge in [0.1, 0.15) is 5.75 Å². The van der Waals surface area contributed by atoms with Crippen LogP contribution in [0.2, 0.25) is 0 Å². The van der Waals surface area contributed by atoms with Crippen molar-refractivity contribution in [3.05, 3.63) is 56.8 Å². The molecule has 0 N–H and O–H groups in total. The average molecular weight is 507 g/mol. The van der Waals surface area contributed by atoms with Crippen LogP contribution in [0, 0.1) is 3.57 Å². The summed E-state index contributed by atoms with van der Waals surface area (Å²) in [5.74, 6) is 1.86. The zero-order valence-corrected chi connectivity index (χ0v) is 18.7. The van der Waals surface area contributed by atoms with Gasteiger partial charge in [0.05, 0.1) is 23.9 Å². The van der Waals surface area contributed by atoms with Crippen LogP contribution in [0.3, 0.4) is 0 Å². The van der Waals surface area contributed by atoms with Gasteiger partial charge in [0.25, 0.3) is 0 Å². The average Bonchev–Trinajstić information content (AvgIpc) is 3.08. The number of aliphatic imine (C=N–C) groups is 1. The van der Waals surface area contributed by atoms with Crippen LogP contribution < -0.4 is 14.2 Å². The highest BCUT2D eigenvalue weighted by molar-refractivity contribution is 14.1. The van der Waals surface area contributed by atoms with Crippen LogP contribution in [0.15, 0.2) is 47.1 Å². The molecular weight excluding hydrogens is 485 g/mol. The van der Waals surface area contributed by atoms with Crippen molar-refractivity contribution in [1.82, 2.24) is 0 Å². The van der Waals surface area contributed by atoms with Gasteiger partial charge in [-0.15, -0.1) is 0 Å². The zero-order chi connectivity index (χ0) is 20.8. The van der Waals surface area contributed by atoms with Crippen LogP contribution in [0.25, 0.3) is 6.08 Å². The molecule has 0 saturated carbocycles. The molecule has 0 fully saturated rings. The summed E-state index contributed by atoms with van der Waals surface area (Å²) >= 11 is 2.20. The van der Waals surface area contributed by atoms with E-state index in [-0.39, 0.29) is 11.6 Å². The highest BCUT2D eigenvalue weighted by Gasteiger charge is 2.24. The van der Waals surface area contributed by atoms with Gasteiger partial charge in [-0.2, -0.15) is 0 Å². The number of esters is 1. The van der Waals surface area contributed by atoms with Gasteiger partial charge in [0, 0.05) is 5.56 Å². The summed E-state index contributed by atoms with van der Waals surface area (Å²) < 4.78 is 22.9. The molecule has 3 rings (SSSR count). The van der Waals surface area contributed by atoms with Gasteiger partial charge in [-0.3, -0.25) is 0 Å². The summed E-state index contributed by atoms with van der Waals surface area (Å²) in [5.41, 5.74) is 1.72. The van der Waals surface area contributed by atoms with Crippen molar-refractivity contribution in [2.24, 2.45) is 4.99 Å². The van der Waals surface area contributed by atoms with E-state index in [1.807, 2.05) is 19.1 Å². The lowest BCUT2D eigenvalue weighted by atomic mass is 10.1. The van der Waals surface area contributed by atoms with E-state index >= 15 is 0 Å². The van der Waals surface area contributed by atoms with Crippen molar-refractivity contribution in [3.63, 3.8) is 0 Å². The molecule has 0 aliphatic carbocycles. The molecular formula is C22H22INO5. The predicted molar refractivity (Wildman–Crippen MR) is 120 cm³/mol. The number of methoxy groups -OCH3 is 1. The number of carbonyl (C=O) groups is 1. The largest absolute Gasteiger partial charge is 0.497 e. The van der Waals surface area contributed by atoms with E-state index in [2.05, 4.69) is 34.5 Å². The van der Waals surface area contributed by atoms with Crippen molar-refractivity contribution in [2.45, 2.75) is 20.3 Å². The Morgan fingerprint density at radius 1 is 1.14 bits per heavy atom. The minimum absolute atomic E-state index is 0.233. The van der Waals surface area contributed by atoms with Gasteiger partial charge < -0.3 is 18.9 Å². The van der Waals surface area contributed by atoms with E-state index in [1.54, 1.807) is 37.5 Å². The lowest BCUT2D eigenvalue weighted by molar-refractivity contribution is -0.129. The summed E-state index contributed by atoms with van der Waals surface area (Å²) in [6.45, 7) is 5.09. The number of halogens is 1. The van der Waals surface area contributed by atoms with Gasteiger partial charge in [-0.25, -0.2) is 9.79 Å². The van der Waals surface area contributed by atoms with Crippen LogP contribution in [0.1, 0.15) is 31.4 Å². The van der Waals surface area contributed by atoms with E-state index in [1.165, 1.54) is 0 Å². The second kappa shape index (κ2) is 9.78. The van der Waals surface area contributed by atoms with Crippen LogP contribution in [-0.4, -0.2) is 32.2 Å². The summed E-state index contributed by atoms with van der Waals surface area (Å²) in [7, 11) is 1.60. The minimum atomic E-state index is -0.491. The molecule has 6 nitrogen and oxygen atoms in total. The lowest BCUT2D eigenvalue weighted by Gasteiger charge is -2.14. The molecule has 0 bridgehead atoms. The lowest BCUT2D eigenvalue weighted by Crippen LogP contribution is -2.05. The quantitative estimate of drug-likeness (QED) is 0.291. The fourth-order valence-electron chi connectivity index (χ4n) is 2.70. The maximum Gasteiger partial charge on any atom is 0.363 e. The first kappa shape index (κ1) is 21.2. The van der Waals surface area contributed by atoms with E-state index in [9.17, 15) is 4.79 Å². The van der Waals surface area contributed by atoms with Crippen LogP contribution in [-0.2, 0) is 9.53 Å². The highest BCUT2D eigenvalue weighted by atomic mass is 127. The van der Waals surface area contributed by atoms with Crippen molar-refractivity contribution in [2.75, 3.05) is 20.3 Å². The van der Waals surface area contributed by atoms with Crippen LogP contribution in [0.4, 0.5) is 0 Å². The van der Waals surface area contributed by atoms with Crippen molar-refractivity contribution < 1.29 is 23.7 Å². The Kier molecular flexibility index (Phi) is 7.13. The molecule has 2 aromatic carbocycles. The minimum Gasteiger partial charge on any atom is -0.497 e. The van der Waals surface area contributed by atoms with Crippen LogP contribution >= 0.6 is 22.6 Å². The summed E-state index contributed by atoms with van der Waals surface area (Å²) in [4.78, 5) is 16.7. The van der Waals surface area contributed by atoms with Gasteiger partial charge in [-0.1, -0.05) is 6.92 Å². The van der Waals surface area contributed by atoms with E-state index in [0.29, 0.717) is 30.3 Å². The number of cyclic esters (lactones) is 1. The van der Waals surface area contributed by atoms with Gasteiger partial charge >= 0.3 is 5.97 Å². The molecule has 2 aromatic rings. The second-order valence-electron chi connectivity index (χ2n) is 6.18. The third-order valence-electron chi connectivity index (χ3n) is 4.04. The predicted octanol–water partition coefficient (Wildman–Crippen LogP) is 4.83. The third-order valence-corrected chi connectivity index (χ3v) is 4.84. The Balaban J connectivity index is 1.91. The first-order valence-corrected chi connectivity index (χ1v) is 10.4. The topological polar surface area (TPSA) is 66.3 Å². The molecule has 0 amide bonds. The number of rotatable bonds is 8. The second-order valence-corrected chi connectivity index (χ2v) is 7.34. The SMILES string of the molecule is CCCOc1c(I)cc(/C=C2/N=C(c3ccc(OC)cc3)OC2=O)cc1OCC. The molecule has 29 heavy (non-hydrogen) atoms. The van der Waals surface area contributed by atoms with E-state index in [0.717, 1.165) is 21.3 Å². The number of benzene rings is 2. The maximum absolute atomic E-state index is 12.3. The normalized spacial score (nSPS) is 14.6. The standard InChI is InChI=1S/C22H22INO5/c1-4-10-28-20-17(23)11-14(13-19(20)27-5-2)12-18-22(25)29-21(24-18)15-6-8-16(26-3)9-7-15/h6-9,11-13H,4-5,10H2,1-3H3/b18-12+. The van der Waals surface area contributed by atoms with Crippen molar-refractivity contribution in [1.29, 1.82) is 0 Å². The van der Waals surface area contributed by atoms with Gasteiger partial charge in [0.15, 0.2) is 17.2 Å². The molecule has 1 aliphatic rings. The molecule has 152 valence electrons. The summed E-state index contributed by atoms with van der Waals surface area (Å²) in [5, 5.41) is 0. The highest BCUT2D eigenvalue weighted by Crippen LogP contribution is 2.35. The molecule has 0 radical (unpaired) electrons. The maximum atomic E-state index is 12.3. The number of carbonyl (C=O) groups excluding carboxylic acids is 1. The fraction of sp³-hybridized carbons (Fsp3) is 0.273. The van der Waals surface area contributed by atoms with Gasteiger partial charge in [-0.05, 0) is 84.0 Å². The Morgan fingerprint density at radius 3 is 2.55 bits per heavy atom. The molecule has 1 heterocycles. The summed E-state index contributed by atoms with van der Waals surface area (Å²) in [6, 6.07) is 10.9. The number of ether oxygens (including phenoxy) is 4. The van der Waals surface area contributed by atoms with Crippen molar-refractivity contribution >= 4 is 40.5 Å². The Bertz CT molecular complexity index is 950. The smallest absolute Gasteiger partial charge is 0.363 e. The van der Waals surface area contributed by atoms with Crippen molar-refractivity contribution in [3.8, 4) is 17.2 Å². The fourth-order valence-corrected chi connectivity index (χ4v) is 3.48. The molecule has 0 unspecified atom stereocenters. The van der Waals surface area contributed by atoms with Crippen LogP contribution in [0.5, 0.6) is 17.2 Å². The number of nitrogens with zero attached hydrogens (tertiary/aromatic N) is 1. The molecule has 1 aliphatic heterocycles. The molecule has 7 heteroatoms. The Labute approximate surface area is 183 Å². The monoisotopic (exact) mass is 507 g/mol. The first-order valence-electron chi connectivity index (χ1n) is 9.31. The molecule has 0 aromatic heterocycles. The Morgan fingerprint density at radius 2 is 1.90 bits per heavy atom. The molecule has 0 spiro atoms. The van der Waals surface area contributed by atoms with E-state index in [4.69, 9.17) is 18.9 Å². The van der Waals surface area contributed by atoms with E-state index < -0.39 is 5.97 Å². The summed E-state index contributed by atoms with van der Waals surface area (Å²) in [6.07, 6.45) is 2.59. The first-order chi connectivity index (χ1) is 14.0. The zero-order valence-electron chi connectivity index (χ0n) is 16.5. The van der Waals surface area contributed by atoms with Gasteiger partial charge in [0.2, 0.25) is 5.90 Å². The number of hydrogen-bond acceptors (Lipinski definition) is 6. The Hall–Kier alpha value is -2.55. The molecule has 0 saturated heterocycles. The molecule has 0 atom stereocenters. The number of hydrogen-bond donors (Lipinski definition) is 0.